The zero-order valence-electron chi connectivity index (χ0n) is 10.4. The van der Waals surface area contributed by atoms with Gasteiger partial charge in [-0.3, -0.25) is 0 Å². The topological polar surface area (TPSA) is 41.1 Å². The molecule has 0 saturated carbocycles. The quantitative estimate of drug-likeness (QED) is 0.917. The van der Waals surface area contributed by atoms with Crippen molar-refractivity contribution in [1.29, 1.82) is 0 Å². The van der Waals surface area contributed by atoms with E-state index < -0.39 is 0 Å². The normalized spacial score (nSPS) is 10.6. The predicted molar refractivity (Wildman–Crippen MR) is 78.9 cm³/mol. The van der Waals surface area contributed by atoms with Gasteiger partial charge in [-0.25, -0.2) is 9.97 Å². The van der Waals surface area contributed by atoms with E-state index in [1.807, 2.05) is 25.8 Å². The van der Waals surface area contributed by atoms with Gasteiger partial charge in [0, 0.05) is 35.2 Å². The Balaban J connectivity index is 2.20. The number of pyridine rings is 1. The Labute approximate surface area is 119 Å². The van der Waals surface area contributed by atoms with Crippen molar-refractivity contribution in [2.45, 2.75) is 13.1 Å². The highest BCUT2D eigenvalue weighted by Gasteiger charge is 2.10. The molecule has 0 aromatic carbocycles. The average Bonchev–Trinajstić information content (AvgIpc) is 2.82. The molecule has 0 amide bonds. The van der Waals surface area contributed by atoms with Gasteiger partial charge >= 0.3 is 0 Å². The maximum atomic E-state index is 4.49. The van der Waals surface area contributed by atoms with E-state index in [0.717, 1.165) is 29.1 Å². The van der Waals surface area contributed by atoms with Gasteiger partial charge in [-0.15, -0.1) is 11.3 Å². The van der Waals surface area contributed by atoms with Gasteiger partial charge in [0.15, 0.2) is 0 Å². The fraction of sp³-hybridized carbons (Fsp3) is 0.333. The van der Waals surface area contributed by atoms with Gasteiger partial charge in [0.25, 0.3) is 0 Å². The average molecular weight is 327 g/mol. The first-order valence-electron chi connectivity index (χ1n) is 5.58. The standard InChI is InChI=1S/C12H15BrN4S/c1-14-4-9-3-10(13)5-15-12(9)17(2)6-11-7-18-8-16-11/h3,5,7-8,14H,4,6H2,1-2H3. The van der Waals surface area contributed by atoms with Crippen LogP contribution in [0.5, 0.6) is 0 Å². The molecule has 96 valence electrons. The maximum absolute atomic E-state index is 4.49. The summed E-state index contributed by atoms with van der Waals surface area (Å²) in [5, 5.41) is 5.23. The summed E-state index contributed by atoms with van der Waals surface area (Å²) in [7, 11) is 3.97. The second kappa shape index (κ2) is 6.26. The number of hydrogen-bond donors (Lipinski definition) is 1. The molecule has 2 aromatic heterocycles. The van der Waals surface area contributed by atoms with Gasteiger partial charge in [0.2, 0.25) is 0 Å². The molecule has 2 aromatic rings. The Morgan fingerprint density at radius 3 is 2.94 bits per heavy atom. The first-order chi connectivity index (χ1) is 8.70. The Bertz CT molecular complexity index is 501. The summed E-state index contributed by atoms with van der Waals surface area (Å²) in [6.45, 7) is 1.57. The second-order valence-electron chi connectivity index (χ2n) is 4.00. The van der Waals surface area contributed by atoms with Crippen molar-refractivity contribution in [2.75, 3.05) is 19.0 Å². The van der Waals surface area contributed by atoms with Crippen molar-refractivity contribution in [3.05, 3.63) is 38.9 Å². The highest BCUT2D eigenvalue weighted by molar-refractivity contribution is 9.10. The van der Waals surface area contributed by atoms with E-state index in [1.54, 1.807) is 11.3 Å². The van der Waals surface area contributed by atoms with Crippen molar-refractivity contribution in [3.63, 3.8) is 0 Å². The minimum atomic E-state index is 0.773. The van der Waals surface area contributed by atoms with Gasteiger partial charge in [-0.2, -0.15) is 0 Å². The van der Waals surface area contributed by atoms with Gasteiger partial charge in [-0.1, -0.05) is 0 Å². The molecular weight excluding hydrogens is 312 g/mol. The molecule has 1 N–H and O–H groups in total. The molecule has 0 saturated heterocycles. The summed E-state index contributed by atoms with van der Waals surface area (Å²) in [5.74, 6) is 0.987. The monoisotopic (exact) mass is 326 g/mol. The third-order valence-corrected chi connectivity index (χ3v) is 3.59. The van der Waals surface area contributed by atoms with Crippen LogP contribution in [-0.2, 0) is 13.1 Å². The molecule has 18 heavy (non-hydrogen) atoms. The lowest BCUT2D eigenvalue weighted by molar-refractivity contribution is 0.791. The van der Waals surface area contributed by atoms with Gasteiger partial charge in [-0.05, 0) is 29.0 Å². The van der Waals surface area contributed by atoms with Crippen LogP contribution < -0.4 is 10.2 Å². The Kier molecular flexibility index (Phi) is 4.68. The van der Waals surface area contributed by atoms with Crippen LogP contribution in [0, 0.1) is 0 Å². The SMILES string of the molecule is CNCc1cc(Br)cnc1N(C)Cc1cscn1. The molecule has 2 rings (SSSR count). The minimum Gasteiger partial charge on any atom is -0.353 e. The highest BCUT2D eigenvalue weighted by Crippen LogP contribution is 2.22. The fourth-order valence-electron chi connectivity index (χ4n) is 1.77. The molecule has 0 aliphatic carbocycles. The van der Waals surface area contributed by atoms with Crippen LogP contribution in [0.25, 0.3) is 0 Å². The van der Waals surface area contributed by atoms with E-state index >= 15 is 0 Å². The smallest absolute Gasteiger partial charge is 0.133 e. The lowest BCUT2D eigenvalue weighted by Crippen LogP contribution is -2.21. The van der Waals surface area contributed by atoms with Crippen LogP contribution in [0.3, 0.4) is 0 Å². The first kappa shape index (κ1) is 13.5. The maximum Gasteiger partial charge on any atom is 0.133 e. The summed E-state index contributed by atoms with van der Waals surface area (Å²) in [6.07, 6.45) is 1.83. The van der Waals surface area contributed by atoms with E-state index in [0.29, 0.717) is 0 Å². The van der Waals surface area contributed by atoms with Gasteiger partial charge in [0.1, 0.15) is 5.82 Å². The molecule has 0 unspecified atom stereocenters. The molecule has 4 nitrogen and oxygen atoms in total. The Hall–Kier alpha value is -0.980. The molecule has 0 aliphatic heterocycles. The zero-order chi connectivity index (χ0) is 13.0. The van der Waals surface area contributed by atoms with Crippen molar-refractivity contribution >= 4 is 33.1 Å². The molecule has 0 spiro atoms. The second-order valence-corrected chi connectivity index (χ2v) is 5.64. The molecule has 0 radical (unpaired) electrons. The van der Waals surface area contributed by atoms with Crippen LogP contribution in [0.2, 0.25) is 0 Å². The number of halogens is 1. The van der Waals surface area contributed by atoms with Crippen molar-refractivity contribution in [2.24, 2.45) is 0 Å². The minimum absolute atomic E-state index is 0.773. The number of thiazole rings is 1. The third kappa shape index (κ3) is 3.28. The van der Waals surface area contributed by atoms with Crippen molar-refractivity contribution < 1.29 is 0 Å². The van der Waals surface area contributed by atoms with Crippen LogP contribution in [0.1, 0.15) is 11.3 Å². The molecular formula is C12H15BrN4S. The summed E-state index contributed by atoms with van der Waals surface area (Å²) in [6, 6.07) is 2.09. The van der Waals surface area contributed by atoms with Crippen molar-refractivity contribution in [1.82, 2.24) is 15.3 Å². The van der Waals surface area contributed by atoms with E-state index in [-0.39, 0.29) is 0 Å². The van der Waals surface area contributed by atoms with E-state index in [2.05, 4.69) is 47.6 Å². The van der Waals surface area contributed by atoms with Crippen LogP contribution in [-0.4, -0.2) is 24.1 Å². The number of aromatic nitrogens is 2. The molecule has 0 aliphatic rings. The predicted octanol–water partition coefficient (Wildman–Crippen LogP) is 2.66. The van der Waals surface area contributed by atoms with Crippen molar-refractivity contribution in [3.8, 4) is 0 Å². The summed E-state index contributed by atoms with van der Waals surface area (Å²) in [5.41, 5.74) is 4.10. The van der Waals surface area contributed by atoms with E-state index in [4.69, 9.17) is 0 Å². The fourth-order valence-corrected chi connectivity index (χ4v) is 2.70. The first-order valence-corrected chi connectivity index (χ1v) is 7.31. The zero-order valence-corrected chi connectivity index (χ0v) is 12.8. The van der Waals surface area contributed by atoms with E-state index in [1.165, 1.54) is 5.56 Å². The molecule has 2 heterocycles. The van der Waals surface area contributed by atoms with Crippen LogP contribution in [0.4, 0.5) is 5.82 Å². The van der Waals surface area contributed by atoms with Crippen LogP contribution >= 0.6 is 27.3 Å². The third-order valence-electron chi connectivity index (χ3n) is 2.52. The number of nitrogens with one attached hydrogen (secondary N) is 1. The highest BCUT2D eigenvalue weighted by atomic mass is 79.9. The Morgan fingerprint density at radius 1 is 1.44 bits per heavy atom. The number of anilines is 1. The van der Waals surface area contributed by atoms with Gasteiger partial charge < -0.3 is 10.2 Å². The summed E-state index contributed by atoms with van der Waals surface area (Å²) >= 11 is 5.07. The molecule has 0 atom stereocenters. The van der Waals surface area contributed by atoms with Gasteiger partial charge in [0.05, 0.1) is 17.7 Å². The lowest BCUT2D eigenvalue weighted by Gasteiger charge is -2.20. The summed E-state index contributed by atoms with van der Waals surface area (Å²) in [4.78, 5) is 10.9. The summed E-state index contributed by atoms with van der Waals surface area (Å²) < 4.78 is 0.999. The number of nitrogens with zero attached hydrogens (tertiary/aromatic N) is 3. The molecule has 0 bridgehead atoms. The number of rotatable bonds is 5. The van der Waals surface area contributed by atoms with E-state index in [9.17, 15) is 0 Å². The molecule has 6 heteroatoms. The number of hydrogen-bond acceptors (Lipinski definition) is 5. The molecule has 0 fully saturated rings. The Morgan fingerprint density at radius 2 is 2.28 bits per heavy atom. The largest absolute Gasteiger partial charge is 0.353 e. The lowest BCUT2D eigenvalue weighted by atomic mass is 10.2. The van der Waals surface area contributed by atoms with Crippen LogP contribution in [0.15, 0.2) is 27.6 Å².